The molecule has 0 saturated heterocycles. The summed E-state index contributed by atoms with van der Waals surface area (Å²) in [7, 11) is -3.58. The number of carbonyl (C=O) groups excluding carboxylic acids is 2. The lowest BCUT2D eigenvalue weighted by atomic mass is 9.77. The van der Waals surface area contributed by atoms with Crippen molar-refractivity contribution >= 4 is 27.5 Å². The number of benzene rings is 1. The zero-order valence-corrected chi connectivity index (χ0v) is 22.5. The third kappa shape index (κ3) is 5.64. The Balaban J connectivity index is 1.45. The van der Waals surface area contributed by atoms with Gasteiger partial charge in [-0.1, -0.05) is 25.8 Å². The summed E-state index contributed by atoms with van der Waals surface area (Å²) >= 11 is 0. The number of nitrogens with zero attached hydrogens (tertiary/aromatic N) is 2. The Morgan fingerprint density at radius 3 is 2.72 bits per heavy atom. The second-order valence-electron chi connectivity index (χ2n) is 10.9. The van der Waals surface area contributed by atoms with E-state index in [1.165, 1.54) is 6.07 Å². The van der Waals surface area contributed by atoms with E-state index in [1.54, 1.807) is 16.8 Å². The van der Waals surface area contributed by atoms with Gasteiger partial charge in [0.25, 0.3) is 5.91 Å². The van der Waals surface area contributed by atoms with Crippen molar-refractivity contribution in [1.82, 2.24) is 15.1 Å². The zero-order chi connectivity index (χ0) is 28.2. The Bertz CT molecular complexity index is 1420. The number of halogens is 3. The Morgan fingerprint density at radius 1 is 1.31 bits per heavy atom. The van der Waals surface area contributed by atoms with Crippen molar-refractivity contribution in [2.24, 2.45) is 5.92 Å². The molecular weight excluding hydrogens is 537 g/mol. The van der Waals surface area contributed by atoms with Gasteiger partial charge in [0.2, 0.25) is 5.91 Å². The molecule has 212 valence electrons. The number of hydrogen-bond acceptors (Lipinski definition) is 6. The monoisotopic (exact) mass is 568 g/mol. The van der Waals surface area contributed by atoms with Gasteiger partial charge in [0, 0.05) is 12.7 Å². The highest BCUT2D eigenvalue weighted by molar-refractivity contribution is 7.91. The molecule has 1 aromatic heterocycles. The van der Waals surface area contributed by atoms with E-state index in [-0.39, 0.29) is 23.2 Å². The number of amides is 2. The quantitative estimate of drug-likeness (QED) is 0.502. The highest BCUT2D eigenvalue weighted by Gasteiger charge is 2.47. The van der Waals surface area contributed by atoms with Gasteiger partial charge in [-0.15, -0.1) is 0 Å². The molecular formula is C26H31F3N4O5S. The number of aryl methyl sites for hydroxylation is 1. The Hall–Kier alpha value is -3.09. The lowest BCUT2D eigenvalue weighted by Gasteiger charge is -2.36. The summed E-state index contributed by atoms with van der Waals surface area (Å²) in [6.07, 6.45) is 1.73. The molecule has 1 aromatic carbocycles. The lowest BCUT2D eigenvalue weighted by molar-refractivity contribution is -0.153. The topological polar surface area (TPSA) is 119 Å². The fourth-order valence-electron chi connectivity index (χ4n) is 6.08. The minimum Gasteiger partial charge on any atom is -0.484 e. The predicted octanol–water partition coefficient (Wildman–Crippen LogP) is 3.69. The van der Waals surface area contributed by atoms with Gasteiger partial charge in [-0.05, 0) is 54.9 Å². The molecule has 1 fully saturated rings. The van der Waals surface area contributed by atoms with E-state index in [0.717, 1.165) is 43.1 Å². The number of hydrogen-bond donors (Lipinski definition) is 2. The van der Waals surface area contributed by atoms with Gasteiger partial charge in [0.05, 0.1) is 17.3 Å². The molecule has 3 aliphatic rings. The molecule has 1 atom stereocenters. The van der Waals surface area contributed by atoms with Gasteiger partial charge in [-0.25, -0.2) is 13.1 Å². The maximum atomic E-state index is 13.5. The average Bonchev–Trinajstić information content (AvgIpc) is 3.31. The smallest absolute Gasteiger partial charge is 0.422 e. The normalized spacial score (nSPS) is 24.1. The van der Waals surface area contributed by atoms with Crippen LogP contribution in [-0.4, -0.2) is 54.8 Å². The van der Waals surface area contributed by atoms with E-state index in [4.69, 9.17) is 9.84 Å². The maximum Gasteiger partial charge on any atom is 0.422 e. The molecule has 1 spiro atoms. The molecule has 0 unspecified atom stereocenters. The summed E-state index contributed by atoms with van der Waals surface area (Å²) in [4.78, 5) is 26.1. The van der Waals surface area contributed by atoms with Crippen LogP contribution in [0.15, 0.2) is 18.2 Å². The number of nitrogens with one attached hydrogen (secondary N) is 2. The molecule has 2 amide bonds. The number of aromatic nitrogens is 2. The molecule has 2 aliphatic carbocycles. The third-order valence-corrected chi connectivity index (χ3v) is 8.54. The highest BCUT2D eigenvalue weighted by Crippen LogP contribution is 2.47. The van der Waals surface area contributed by atoms with Crippen molar-refractivity contribution < 1.29 is 35.9 Å². The lowest BCUT2D eigenvalue weighted by Crippen LogP contribution is -2.49. The Morgan fingerprint density at radius 2 is 2.05 bits per heavy atom. The average molecular weight is 569 g/mol. The molecule has 1 saturated carbocycles. The van der Waals surface area contributed by atoms with Crippen LogP contribution < -0.4 is 15.4 Å². The van der Waals surface area contributed by atoms with Crippen LogP contribution in [0.4, 0.5) is 19.0 Å². The summed E-state index contributed by atoms with van der Waals surface area (Å²) in [5.41, 5.74) is 1.52. The number of anilines is 1. The molecule has 2 aromatic rings. The van der Waals surface area contributed by atoms with E-state index in [2.05, 4.69) is 17.6 Å². The Kier molecular flexibility index (Phi) is 6.92. The number of sulfone groups is 1. The Labute approximate surface area is 224 Å². The first kappa shape index (κ1) is 27.5. The third-order valence-electron chi connectivity index (χ3n) is 7.75. The summed E-state index contributed by atoms with van der Waals surface area (Å²) in [6.45, 7) is 0.730. The number of rotatable bonds is 8. The maximum absolute atomic E-state index is 13.5. The van der Waals surface area contributed by atoms with Crippen molar-refractivity contribution in [2.75, 3.05) is 23.9 Å². The highest BCUT2D eigenvalue weighted by atomic mass is 32.2. The van der Waals surface area contributed by atoms with Gasteiger partial charge < -0.3 is 15.4 Å². The van der Waals surface area contributed by atoms with Crippen molar-refractivity contribution in [3.8, 4) is 5.75 Å². The molecule has 1 aliphatic heterocycles. The van der Waals surface area contributed by atoms with Crippen molar-refractivity contribution in [3.05, 3.63) is 40.6 Å². The van der Waals surface area contributed by atoms with Crippen molar-refractivity contribution in [1.29, 1.82) is 0 Å². The molecule has 9 nitrogen and oxygen atoms in total. The minimum atomic E-state index is -4.45. The van der Waals surface area contributed by atoms with Gasteiger partial charge in [0.15, 0.2) is 16.4 Å². The van der Waals surface area contributed by atoms with Crippen LogP contribution >= 0.6 is 0 Å². The summed E-state index contributed by atoms with van der Waals surface area (Å²) in [6, 6.07) is 4.71. The molecule has 2 N–H and O–H groups in total. The largest absolute Gasteiger partial charge is 0.484 e. The van der Waals surface area contributed by atoms with E-state index >= 15 is 0 Å². The predicted molar refractivity (Wildman–Crippen MR) is 136 cm³/mol. The number of carbonyl (C=O) groups is 2. The first-order valence-corrected chi connectivity index (χ1v) is 15.1. The first-order valence-electron chi connectivity index (χ1n) is 13.0. The van der Waals surface area contributed by atoms with Crippen LogP contribution in [0.2, 0.25) is 0 Å². The van der Waals surface area contributed by atoms with Crippen molar-refractivity contribution in [3.63, 3.8) is 0 Å². The van der Waals surface area contributed by atoms with Crippen LogP contribution in [0.1, 0.15) is 72.2 Å². The first-order chi connectivity index (χ1) is 18.3. The zero-order valence-electron chi connectivity index (χ0n) is 21.7. The summed E-state index contributed by atoms with van der Waals surface area (Å²) in [5.74, 6) is -1.05. The number of ether oxygens (including phenoxy) is 1. The molecule has 2 heterocycles. The fourth-order valence-corrected chi connectivity index (χ4v) is 6.63. The fraction of sp³-hybridized carbons (Fsp3) is 0.577. The molecule has 0 radical (unpaired) electrons. The molecule has 13 heteroatoms. The summed E-state index contributed by atoms with van der Waals surface area (Å²) < 4.78 is 67.7. The van der Waals surface area contributed by atoms with Gasteiger partial charge >= 0.3 is 6.18 Å². The summed E-state index contributed by atoms with van der Waals surface area (Å²) in [5, 5.41) is 10.5. The van der Waals surface area contributed by atoms with E-state index < -0.39 is 45.7 Å². The standard InChI is InChI=1S/C26H31F3N4O5S/c1-3-4-15-9-17(10-15)33-23(30-21(34)13-39(2,36)37)22-20(32-33)12-25(31-24(22)35)8-7-16-11-18(5-6-19(16)25)38-14-26(27,28)29/h5-6,11,15,17H,3-4,7-10,12-14H2,1-2H3,(H,30,34)(H,31,35)/t15-,17-,25-/m0/s1. The number of fused-ring (bicyclic) bond motifs is 3. The molecule has 0 bridgehead atoms. The van der Waals surface area contributed by atoms with Crippen LogP contribution in [-0.2, 0) is 33.0 Å². The van der Waals surface area contributed by atoms with Crippen LogP contribution in [0.25, 0.3) is 0 Å². The van der Waals surface area contributed by atoms with Crippen LogP contribution in [0, 0.1) is 5.92 Å². The van der Waals surface area contributed by atoms with E-state index in [1.807, 2.05) is 0 Å². The van der Waals surface area contributed by atoms with Crippen LogP contribution in [0.5, 0.6) is 5.75 Å². The van der Waals surface area contributed by atoms with E-state index in [9.17, 15) is 31.2 Å². The van der Waals surface area contributed by atoms with Gasteiger partial charge in [-0.3, -0.25) is 9.59 Å². The van der Waals surface area contributed by atoms with E-state index in [0.29, 0.717) is 30.9 Å². The van der Waals surface area contributed by atoms with Crippen molar-refractivity contribution in [2.45, 2.75) is 69.6 Å². The molecule has 5 rings (SSSR count). The second-order valence-corrected chi connectivity index (χ2v) is 13.1. The minimum absolute atomic E-state index is 0.0198. The van der Waals surface area contributed by atoms with Gasteiger partial charge in [-0.2, -0.15) is 18.3 Å². The second kappa shape index (κ2) is 9.83. The van der Waals surface area contributed by atoms with Gasteiger partial charge in [0.1, 0.15) is 22.9 Å². The number of alkyl halides is 3. The SMILES string of the molecule is CCC[C@H]1C[C@H](n2nc3c(c2NC(=O)CS(C)(=O)=O)C(=O)N[C@@]2(CCc4cc(OCC(F)(F)F)ccc42)C3)C1. The van der Waals surface area contributed by atoms with Crippen LogP contribution in [0.3, 0.4) is 0 Å². The molecule has 39 heavy (non-hydrogen) atoms.